The number of benzene rings is 1. The van der Waals surface area contributed by atoms with Gasteiger partial charge in [-0.25, -0.2) is 0 Å². The molecule has 1 aromatic heterocycles. The summed E-state index contributed by atoms with van der Waals surface area (Å²) in [5, 5.41) is 0.799. The van der Waals surface area contributed by atoms with Gasteiger partial charge in [-0.05, 0) is 43.7 Å². The van der Waals surface area contributed by atoms with Crippen LogP contribution in [0.25, 0.3) is 0 Å². The number of pyridine rings is 1. The molecular formula is C16H20ClN3. The molecule has 3 nitrogen and oxygen atoms in total. The molecule has 20 heavy (non-hydrogen) atoms. The van der Waals surface area contributed by atoms with Gasteiger partial charge in [-0.15, -0.1) is 0 Å². The van der Waals surface area contributed by atoms with Gasteiger partial charge in [0.15, 0.2) is 0 Å². The number of nitrogens with two attached hydrogens (primary N) is 1. The molecule has 0 fully saturated rings. The predicted octanol–water partition coefficient (Wildman–Crippen LogP) is 3.57. The highest BCUT2D eigenvalue weighted by Crippen LogP contribution is 2.21. The Morgan fingerprint density at radius 2 is 1.90 bits per heavy atom. The predicted molar refractivity (Wildman–Crippen MR) is 84.7 cm³/mol. The first-order valence-corrected chi connectivity index (χ1v) is 6.99. The number of anilines is 1. The van der Waals surface area contributed by atoms with E-state index in [-0.39, 0.29) is 0 Å². The molecule has 1 heterocycles. The summed E-state index contributed by atoms with van der Waals surface area (Å²) in [6, 6.07) is 7.90. The van der Waals surface area contributed by atoms with Crippen molar-refractivity contribution in [3.63, 3.8) is 0 Å². The molecule has 0 atom stereocenters. The minimum absolute atomic E-state index is 0.752. The molecule has 106 valence electrons. The van der Waals surface area contributed by atoms with Crippen LogP contribution in [0.15, 0.2) is 30.5 Å². The molecule has 0 radical (unpaired) electrons. The maximum Gasteiger partial charge on any atom is 0.0593 e. The van der Waals surface area contributed by atoms with Gasteiger partial charge in [0.1, 0.15) is 0 Å². The molecule has 2 N–H and O–H groups in total. The Bertz CT molecular complexity index is 611. The third-order valence-electron chi connectivity index (χ3n) is 3.49. The molecule has 0 spiro atoms. The van der Waals surface area contributed by atoms with Crippen LogP contribution in [-0.2, 0) is 13.1 Å². The van der Waals surface area contributed by atoms with E-state index >= 15 is 0 Å². The number of aryl methyl sites for hydroxylation is 1. The molecule has 2 aromatic rings. The molecule has 0 unspecified atom stereocenters. The lowest BCUT2D eigenvalue weighted by Gasteiger charge is -2.19. The summed E-state index contributed by atoms with van der Waals surface area (Å²) < 4.78 is 0. The van der Waals surface area contributed by atoms with Crippen molar-refractivity contribution in [2.45, 2.75) is 26.9 Å². The van der Waals surface area contributed by atoms with Crippen LogP contribution in [0.1, 0.15) is 22.4 Å². The highest BCUT2D eigenvalue weighted by Gasteiger charge is 2.10. The maximum absolute atomic E-state index is 6.19. The first-order chi connectivity index (χ1) is 9.49. The van der Waals surface area contributed by atoms with E-state index in [0.29, 0.717) is 0 Å². The first-order valence-electron chi connectivity index (χ1n) is 6.61. The second-order valence-corrected chi connectivity index (χ2v) is 5.60. The van der Waals surface area contributed by atoms with Crippen molar-refractivity contribution in [3.8, 4) is 0 Å². The maximum atomic E-state index is 6.19. The zero-order valence-corrected chi connectivity index (χ0v) is 12.9. The van der Waals surface area contributed by atoms with Crippen molar-refractivity contribution < 1.29 is 0 Å². The van der Waals surface area contributed by atoms with Gasteiger partial charge in [-0.2, -0.15) is 0 Å². The van der Waals surface area contributed by atoms with Gasteiger partial charge in [0, 0.05) is 30.0 Å². The van der Waals surface area contributed by atoms with Gasteiger partial charge in [0.05, 0.1) is 5.69 Å². The molecule has 1 aromatic carbocycles. The van der Waals surface area contributed by atoms with Crippen LogP contribution in [0.4, 0.5) is 5.69 Å². The summed E-state index contributed by atoms with van der Waals surface area (Å²) in [4.78, 5) is 6.67. The van der Waals surface area contributed by atoms with Gasteiger partial charge in [0.25, 0.3) is 0 Å². The lowest BCUT2D eigenvalue weighted by atomic mass is 10.1. The average molecular weight is 290 g/mol. The summed E-state index contributed by atoms with van der Waals surface area (Å²) in [6.45, 7) is 5.54. The Hall–Kier alpha value is -1.58. The van der Waals surface area contributed by atoms with Crippen LogP contribution >= 0.6 is 11.6 Å². The average Bonchev–Trinajstić information content (AvgIpc) is 2.42. The molecule has 0 aliphatic carbocycles. The third-order valence-corrected chi connectivity index (χ3v) is 3.86. The standard InChI is InChI=1S/C16H20ClN3/c1-11-8-19-15(12(2)16(11)18)10-20(3)9-13-6-4-5-7-14(13)17/h4-8H,9-10H2,1-3H3,(H2,18,19). The molecule has 4 heteroatoms. The van der Waals surface area contributed by atoms with Gasteiger partial charge in [0.2, 0.25) is 0 Å². The smallest absolute Gasteiger partial charge is 0.0593 e. The summed E-state index contributed by atoms with van der Waals surface area (Å²) in [6.07, 6.45) is 1.83. The van der Waals surface area contributed by atoms with Crippen molar-refractivity contribution in [1.29, 1.82) is 0 Å². The number of rotatable bonds is 4. The topological polar surface area (TPSA) is 42.2 Å². The Balaban J connectivity index is 2.11. The summed E-state index contributed by atoms with van der Waals surface area (Å²) in [7, 11) is 2.06. The van der Waals surface area contributed by atoms with Gasteiger partial charge in [-0.3, -0.25) is 9.88 Å². The Labute approximate surface area is 125 Å². The van der Waals surface area contributed by atoms with E-state index in [2.05, 4.69) is 16.9 Å². The number of nitrogen functional groups attached to an aromatic ring is 1. The van der Waals surface area contributed by atoms with E-state index in [1.54, 1.807) is 0 Å². The lowest BCUT2D eigenvalue weighted by Crippen LogP contribution is -2.19. The fourth-order valence-corrected chi connectivity index (χ4v) is 2.38. The molecule has 0 amide bonds. The summed E-state index contributed by atoms with van der Waals surface area (Å²) >= 11 is 6.19. The van der Waals surface area contributed by atoms with E-state index in [4.69, 9.17) is 17.3 Å². The highest BCUT2D eigenvalue weighted by molar-refractivity contribution is 6.31. The van der Waals surface area contributed by atoms with Gasteiger partial charge in [-0.1, -0.05) is 29.8 Å². The van der Waals surface area contributed by atoms with E-state index in [9.17, 15) is 0 Å². The van der Waals surface area contributed by atoms with Crippen molar-refractivity contribution in [2.75, 3.05) is 12.8 Å². The van der Waals surface area contributed by atoms with E-state index in [1.807, 2.05) is 44.3 Å². The number of aromatic nitrogens is 1. The Kier molecular flexibility index (Phi) is 4.63. The quantitative estimate of drug-likeness (QED) is 0.936. The Morgan fingerprint density at radius 1 is 1.20 bits per heavy atom. The fourth-order valence-electron chi connectivity index (χ4n) is 2.18. The van der Waals surface area contributed by atoms with Crippen LogP contribution in [0.3, 0.4) is 0 Å². The summed E-state index contributed by atoms with van der Waals surface area (Å²) in [5.74, 6) is 0. The van der Waals surface area contributed by atoms with Crippen molar-refractivity contribution in [1.82, 2.24) is 9.88 Å². The van der Waals surface area contributed by atoms with Gasteiger partial charge >= 0.3 is 0 Å². The normalized spacial score (nSPS) is 11.1. The lowest BCUT2D eigenvalue weighted by molar-refractivity contribution is 0.314. The Morgan fingerprint density at radius 3 is 2.60 bits per heavy atom. The molecule has 0 saturated heterocycles. The number of nitrogens with zero attached hydrogens (tertiary/aromatic N) is 2. The first kappa shape index (κ1) is 14.8. The number of halogens is 1. The molecule has 0 aliphatic rings. The highest BCUT2D eigenvalue weighted by atomic mass is 35.5. The van der Waals surface area contributed by atoms with Crippen molar-refractivity contribution in [2.24, 2.45) is 0 Å². The zero-order chi connectivity index (χ0) is 14.7. The van der Waals surface area contributed by atoms with Gasteiger partial charge < -0.3 is 5.73 Å². The van der Waals surface area contributed by atoms with Crippen LogP contribution in [0, 0.1) is 13.8 Å². The van der Waals surface area contributed by atoms with Crippen molar-refractivity contribution in [3.05, 3.63) is 57.9 Å². The van der Waals surface area contributed by atoms with Crippen molar-refractivity contribution >= 4 is 17.3 Å². The van der Waals surface area contributed by atoms with Crippen LogP contribution in [-0.4, -0.2) is 16.9 Å². The minimum atomic E-state index is 0.752. The zero-order valence-electron chi connectivity index (χ0n) is 12.2. The van der Waals surface area contributed by atoms with E-state index in [0.717, 1.165) is 46.2 Å². The van der Waals surface area contributed by atoms with Crippen LogP contribution < -0.4 is 5.73 Å². The second-order valence-electron chi connectivity index (χ2n) is 5.19. The second kappa shape index (κ2) is 6.25. The summed E-state index contributed by atoms with van der Waals surface area (Å²) in [5.41, 5.74) is 11.1. The molecule has 0 aliphatic heterocycles. The fraction of sp³-hybridized carbons (Fsp3) is 0.312. The number of hydrogen-bond acceptors (Lipinski definition) is 3. The molecule has 2 rings (SSSR count). The minimum Gasteiger partial charge on any atom is -0.398 e. The monoisotopic (exact) mass is 289 g/mol. The largest absolute Gasteiger partial charge is 0.398 e. The van der Waals surface area contributed by atoms with Crippen LogP contribution in [0.2, 0.25) is 5.02 Å². The number of hydrogen-bond donors (Lipinski definition) is 1. The molecule has 0 bridgehead atoms. The van der Waals surface area contributed by atoms with E-state index in [1.165, 1.54) is 0 Å². The SMILES string of the molecule is Cc1cnc(CN(C)Cc2ccccc2Cl)c(C)c1N. The van der Waals surface area contributed by atoms with Crippen LogP contribution in [0.5, 0.6) is 0 Å². The van der Waals surface area contributed by atoms with E-state index < -0.39 is 0 Å². The molecular weight excluding hydrogens is 270 g/mol. The molecule has 0 saturated carbocycles. The third kappa shape index (κ3) is 3.30.